The van der Waals surface area contributed by atoms with E-state index in [1.807, 2.05) is 19.0 Å². The van der Waals surface area contributed by atoms with E-state index >= 15 is 0 Å². The van der Waals surface area contributed by atoms with E-state index in [1.54, 1.807) is 29.0 Å². The Bertz CT molecular complexity index is 775. The third kappa shape index (κ3) is 2.71. The first-order chi connectivity index (χ1) is 10.1. The Morgan fingerprint density at radius 2 is 2.05 bits per heavy atom. The molecule has 3 aromatic rings. The van der Waals surface area contributed by atoms with Gasteiger partial charge in [0, 0.05) is 24.4 Å². The monoisotopic (exact) mass is 319 g/mol. The molecule has 3 rings (SSSR count). The zero-order valence-corrected chi connectivity index (χ0v) is 14.1. The lowest BCUT2D eigenvalue weighted by Gasteiger charge is -2.07. The van der Waals surface area contributed by atoms with Gasteiger partial charge in [0.25, 0.3) is 0 Å². The second-order valence-electron chi connectivity index (χ2n) is 5.06. The SMILES string of the molecule is Cc1sc2ncnc(NCc3csc(N(C)C)n3)c2c1C. The number of nitrogens with one attached hydrogen (secondary N) is 1. The maximum atomic E-state index is 4.57. The summed E-state index contributed by atoms with van der Waals surface area (Å²) in [4.78, 5) is 17.7. The molecule has 1 N–H and O–H groups in total. The summed E-state index contributed by atoms with van der Waals surface area (Å²) >= 11 is 3.36. The summed E-state index contributed by atoms with van der Waals surface area (Å²) in [5.74, 6) is 0.890. The molecule has 3 aromatic heterocycles. The molecule has 0 aliphatic heterocycles. The predicted molar refractivity (Wildman–Crippen MR) is 90.7 cm³/mol. The van der Waals surface area contributed by atoms with Crippen LogP contribution in [0, 0.1) is 13.8 Å². The fourth-order valence-electron chi connectivity index (χ4n) is 2.07. The van der Waals surface area contributed by atoms with Gasteiger partial charge in [-0.25, -0.2) is 15.0 Å². The summed E-state index contributed by atoms with van der Waals surface area (Å²) in [6.45, 7) is 4.91. The summed E-state index contributed by atoms with van der Waals surface area (Å²) in [5.41, 5.74) is 2.28. The Morgan fingerprint density at radius 1 is 1.24 bits per heavy atom. The molecule has 0 saturated carbocycles. The van der Waals surface area contributed by atoms with E-state index in [0.717, 1.165) is 26.9 Å². The second-order valence-corrected chi connectivity index (χ2v) is 7.09. The van der Waals surface area contributed by atoms with Crippen molar-refractivity contribution in [1.29, 1.82) is 0 Å². The molecule has 0 fully saturated rings. The summed E-state index contributed by atoms with van der Waals surface area (Å²) in [6, 6.07) is 0. The van der Waals surface area contributed by atoms with Crippen molar-refractivity contribution in [2.24, 2.45) is 0 Å². The van der Waals surface area contributed by atoms with Crippen molar-refractivity contribution >= 4 is 43.8 Å². The van der Waals surface area contributed by atoms with Gasteiger partial charge in [-0.2, -0.15) is 0 Å². The molecule has 110 valence electrons. The highest BCUT2D eigenvalue weighted by atomic mass is 32.1. The summed E-state index contributed by atoms with van der Waals surface area (Å²) < 4.78 is 0. The molecule has 21 heavy (non-hydrogen) atoms. The minimum Gasteiger partial charge on any atom is -0.364 e. The van der Waals surface area contributed by atoms with Crippen LogP contribution < -0.4 is 10.2 Å². The number of hydrogen-bond acceptors (Lipinski definition) is 7. The van der Waals surface area contributed by atoms with E-state index in [1.165, 1.54) is 10.4 Å². The van der Waals surface area contributed by atoms with Crippen LogP contribution in [0.3, 0.4) is 0 Å². The number of fused-ring (bicyclic) bond motifs is 1. The number of thiazole rings is 1. The molecule has 0 aliphatic rings. The molecule has 0 unspecified atom stereocenters. The number of aromatic nitrogens is 3. The van der Waals surface area contributed by atoms with Crippen molar-refractivity contribution < 1.29 is 0 Å². The molecule has 0 saturated heterocycles. The Morgan fingerprint density at radius 3 is 2.76 bits per heavy atom. The van der Waals surface area contributed by atoms with Crippen LogP contribution in [-0.4, -0.2) is 29.0 Å². The van der Waals surface area contributed by atoms with E-state index in [4.69, 9.17) is 0 Å². The van der Waals surface area contributed by atoms with Crippen molar-refractivity contribution in [3.63, 3.8) is 0 Å². The average molecular weight is 319 g/mol. The molecular weight excluding hydrogens is 302 g/mol. The van der Waals surface area contributed by atoms with Crippen LogP contribution in [-0.2, 0) is 6.54 Å². The van der Waals surface area contributed by atoms with Gasteiger partial charge < -0.3 is 10.2 Å². The van der Waals surface area contributed by atoms with E-state index < -0.39 is 0 Å². The van der Waals surface area contributed by atoms with Crippen LogP contribution in [0.1, 0.15) is 16.1 Å². The third-order valence-electron chi connectivity index (χ3n) is 3.32. The molecule has 0 aliphatic carbocycles. The summed E-state index contributed by atoms with van der Waals surface area (Å²) in [6.07, 6.45) is 1.62. The summed E-state index contributed by atoms with van der Waals surface area (Å²) in [7, 11) is 4.00. The number of nitrogens with zero attached hydrogens (tertiary/aromatic N) is 4. The standard InChI is InChI=1S/C14H17N5S2/c1-8-9(2)21-13-11(8)12(16-7-17-13)15-5-10-6-20-14(18-10)19(3)4/h6-7H,5H2,1-4H3,(H,15,16,17). The van der Waals surface area contributed by atoms with Gasteiger partial charge in [0.1, 0.15) is 17.0 Å². The first kappa shape index (κ1) is 14.2. The molecule has 0 radical (unpaired) electrons. The van der Waals surface area contributed by atoms with E-state index in [9.17, 15) is 0 Å². The quantitative estimate of drug-likeness (QED) is 0.798. The van der Waals surface area contributed by atoms with Crippen LogP contribution in [0.5, 0.6) is 0 Å². The van der Waals surface area contributed by atoms with Crippen LogP contribution in [0.4, 0.5) is 10.9 Å². The minimum atomic E-state index is 0.671. The maximum absolute atomic E-state index is 4.57. The van der Waals surface area contributed by atoms with Crippen molar-refractivity contribution in [3.05, 3.63) is 27.8 Å². The van der Waals surface area contributed by atoms with Gasteiger partial charge >= 0.3 is 0 Å². The summed E-state index contributed by atoms with van der Waals surface area (Å²) in [5, 5.41) is 7.61. The van der Waals surface area contributed by atoms with Crippen LogP contribution in [0.15, 0.2) is 11.7 Å². The molecule has 3 heterocycles. The predicted octanol–water partition coefficient (Wildman–Crippen LogP) is 3.44. The van der Waals surface area contributed by atoms with Crippen molar-refractivity contribution in [2.75, 3.05) is 24.3 Å². The fourth-order valence-corrected chi connectivity index (χ4v) is 3.83. The first-order valence-electron chi connectivity index (χ1n) is 6.62. The van der Waals surface area contributed by atoms with Crippen molar-refractivity contribution in [1.82, 2.24) is 15.0 Å². The van der Waals surface area contributed by atoms with Gasteiger partial charge in [-0.3, -0.25) is 0 Å². The lowest BCUT2D eigenvalue weighted by molar-refractivity contribution is 1.02. The zero-order chi connectivity index (χ0) is 15.0. The lowest BCUT2D eigenvalue weighted by atomic mass is 10.2. The molecule has 5 nitrogen and oxygen atoms in total. The number of anilines is 2. The lowest BCUT2D eigenvalue weighted by Crippen LogP contribution is -2.08. The zero-order valence-electron chi connectivity index (χ0n) is 12.5. The Labute approximate surface area is 131 Å². The van der Waals surface area contributed by atoms with Gasteiger partial charge in [0.15, 0.2) is 5.13 Å². The first-order valence-corrected chi connectivity index (χ1v) is 8.32. The smallest absolute Gasteiger partial charge is 0.185 e. The van der Waals surface area contributed by atoms with Gasteiger partial charge in [-0.05, 0) is 19.4 Å². The number of hydrogen-bond donors (Lipinski definition) is 1. The maximum Gasteiger partial charge on any atom is 0.185 e. The second kappa shape index (κ2) is 5.57. The highest BCUT2D eigenvalue weighted by Crippen LogP contribution is 2.32. The van der Waals surface area contributed by atoms with Crippen LogP contribution >= 0.6 is 22.7 Å². The number of thiophene rings is 1. The van der Waals surface area contributed by atoms with Crippen molar-refractivity contribution in [2.45, 2.75) is 20.4 Å². The normalized spacial score (nSPS) is 11.0. The average Bonchev–Trinajstić information content (AvgIpc) is 3.03. The van der Waals surface area contributed by atoms with Crippen molar-refractivity contribution in [3.8, 4) is 0 Å². The third-order valence-corrected chi connectivity index (χ3v) is 5.50. The molecular formula is C14H17N5S2. The largest absolute Gasteiger partial charge is 0.364 e. The molecule has 0 amide bonds. The molecule has 7 heteroatoms. The molecule has 0 bridgehead atoms. The number of rotatable bonds is 4. The van der Waals surface area contributed by atoms with E-state index in [2.05, 4.69) is 39.5 Å². The Kier molecular flexibility index (Phi) is 3.77. The Hall–Kier alpha value is -1.73. The van der Waals surface area contributed by atoms with E-state index in [0.29, 0.717) is 6.54 Å². The minimum absolute atomic E-state index is 0.671. The van der Waals surface area contributed by atoms with Crippen LogP contribution in [0.25, 0.3) is 10.2 Å². The van der Waals surface area contributed by atoms with Gasteiger partial charge in [0.05, 0.1) is 17.6 Å². The van der Waals surface area contributed by atoms with Gasteiger partial charge in [0.2, 0.25) is 0 Å². The molecule has 0 aromatic carbocycles. The van der Waals surface area contributed by atoms with Gasteiger partial charge in [-0.1, -0.05) is 0 Å². The molecule has 0 spiro atoms. The van der Waals surface area contributed by atoms with E-state index in [-0.39, 0.29) is 0 Å². The fraction of sp³-hybridized carbons (Fsp3) is 0.357. The Balaban J connectivity index is 1.84. The topological polar surface area (TPSA) is 53.9 Å². The molecule has 0 atom stereocenters. The highest BCUT2D eigenvalue weighted by molar-refractivity contribution is 7.18. The van der Waals surface area contributed by atoms with Gasteiger partial charge in [-0.15, -0.1) is 22.7 Å². The number of aryl methyl sites for hydroxylation is 2. The highest BCUT2D eigenvalue weighted by Gasteiger charge is 2.12. The van der Waals surface area contributed by atoms with Crippen LogP contribution in [0.2, 0.25) is 0 Å².